The number of benzene rings is 3. The van der Waals surface area contributed by atoms with Crippen LogP contribution in [0.5, 0.6) is 5.75 Å². The van der Waals surface area contributed by atoms with E-state index in [1.165, 1.54) is 4.90 Å². The first kappa shape index (κ1) is 50.7. The molecule has 3 atom stereocenters. The van der Waals surface area contributed by atoms with Gasteiger partial charge in [0.25, 0.3) is 5.91 Å². The molecule has 0 aliphatic carbocycles. The normalized spacial score (nSPS) is 17.4. The first-order valence-electron chi connectivity index (χ1n) is 22.8. The second-order valence-corrected chi connectivity index (χ2v) is 20.1. The zero-order valence-corrected chi connectivity index (χ0v) is 41.5. The third-order valence-corrected chi connectivity index (χ3v) is 13.4. The number of hydrogen-bond acceptors (Lipinski definition) is 10. The molecule has 1 aromatic heterocycles. The highest BCUT2D eigenvalue weighted by molar-refractivity contribution is 7.81. The van der Waals surface area contributed by atoms with E-state index in [9.17, 15) is 19.2 Å². The molecule has 0 bridgehead atoms. The van der Waals surface area contributed by atoms with Crippen LogP contribution in [0.2, 0.25) is 0 Å². The summed E-state index contributed by atoms with van der Waals surface area (Å²) in [6.07, 6.45) is 2.69. The second kappa shape index (κ2) is 22.4. The van der Waals surface area contributed by atoms with Gasteiger partial charge in [-0.25, -0.2) is 9.83 Å². The number of thiocarbonyl (C=S) groups is 1. The highest BCUT2D eigenvalue weighted by Gasteiger charge is 2.50. The lowest BCUT2D eigenvalue weighted by atomic mass is 9.85. The molecule has 16 heteroatoms. The number of anilines is 2. The van der Waals surface area contributed by atoms with Gasteiger partial charge >= 0.3 is 0 Å². The Morgan fingerprint density at radius 3 is 2.27 bits per heavy atom. The summed E-state index contributed by atoms with van der Waals surface area (Å²) in [6.45, 7) is 25.1. The minimum atomic E-state index is -0.917. The van der Waals surface area contributed by atoms with Crippen LogP contribution in [0, 0.1) is 31.8 Å². The molecule has 0 radical (unpaired) electrons. The lowest BCUT2D eigenvalue weighted by Crippen LogP contribution is -2.58. The second-order valence-electron chi connectivity index (χ2n) is 18.9. The Hall–Kier alpha value is -5.73. The smallest absolute Gasteiger partial charge is 0.259 e. The Morgan fingerprint density at radius 2 is 1.63 bits per heavy atom. The van der Waals surface area contributed by atoms with Crippen molar-refractivity contribution in [3.05, 3.63) is 100 Å². The molecule has 4 amide bonds. The molecule has 356 valence electrons. The minimum absolute atomic E-state index is 0.133. The van der Waals surface area contributed by atoms with Gasteiger partial charge in [0.05, 0.1) is 29.3 Å². The van der Waals surface area contributed by atoms with Crippen LogP contribution >= 0.6 is 23.6 Å². The van der Waals surface area contributed by atoms with E-state index in [1.807, 2.05) is 120 Å². The summed E-state index contributed by atoms with van der Waals surface area (Å²) in [5, 5.41) is 6.31. The Balaban J connectivity index is 0.856. The number of carbonyl (C=O) groups excluding carboxylic acids is 4. The summed E-state index contributed by atoms with van der Waals surface area (Å²) >= 11 is 7.41. The van der Waals surface area contributed by atoms with Crippen LogP contribution < -0.4 is 25.2 Å². The average molecular weight is 950 g/mol. The fourth-order valence-electron chi connectivity index (χ4n) is 8.29. The molecular formula is C51H63N7O7S2. The van der Waals surface area contributed by atoms with Crippen molar-refractivity contribution in [3.63, 3.8) is 0 Å². The summed E-state index contributed by atoms with van der Waals surface area (Å²) in [5.74, 6) is -0.189. The fourth-order valence-corrected chi connectivity index (χ4v) is 9.63. The molecule has 0 saturated carbocycles. The zero-order chi connectivity index (χ0) is 48.5. The maximum Gasteiger partial charge on any atom is 0.259 e. The van der Waals surface area contributed by atoms with E-state index in [2.05, 4.69) is 20.5 Å². The van der Waals surface area contributed by atoms with E-state index in [-0.39, 0.29) is 36.2 Å². The van der Waals surface area contributed by atoms with Gasteiger partial charge in [0, 0.05) is 50.7 Å². The van der Waals surface area contributed by atoms with E-state index >= 15 is 0 Å². The molecule has 2 saturated heterocycles. The number of unbranched alkanes of at least 4 members (excludes halogenated alkanes) is 1. The van der Waals surface area contributed by atoms with E-state index in [4.69, 9.17) is 33.0 Å². The van der Waals surface area contributed by atoms with Gasteiger partial charge in [0.1, 0.15) is 30.0 Å². The average Bonchev–Trinajstić information content (AvgIpc) is 3.96. The summed E-state index contributed by atoms with van der Waals surface area (Å²) in [7, 11) is 0. The topological polar surface area (TPSA) is 147 Å². The predicted molar refractivity (Wildman–Crippen MR) is 266 cm³/mol. The van der Waals surface area contributed by atoms with E-state index in [1.54, 1.807) is 28.4 Å². The van der Waals surface area contributed by atoms with Crippen LogP contribution in [0.15, 0.2) is 72.2 Å². The van der Waals surface area contributed by atoms with Crippen LogP contribution in [0.1, 0.15) is 84.0 Å². The Morgan fingerprint density at radius 1 is 0.955 bits per heavy atom. The summed E-state index contributed by atoms with van der Waals surface area (Å²) in [6, 6.07) is 19.4. The number of rotatable bonds is 20. The molecule has 4 aromatic rings. The molecule has 2 aliphatic rings. The quantitative estimate of drug-likeness (QED) is 0.0502. The predicted octanol–water partition coefficient (Wildman–Crippen LogP) is 8.56. The summed E-state index contributed by atoms with van der Waals surface area (Å²) in [4.78, 5) is 68.2. The van der Waals surface area contributed by atoms with Crippen LogP contribution in [0.3, 0.4) is 0 Å². The lowest BCUT2D eigenvalue weighted by Gasteiger charge is -2.35. The van der Waals surface area contributed by atoms with Gasteiger partial charge in [0.2, 0.25) is 17.7 Å². The molecule has 2 aliphatic heterocycles. The van der Waals surface area contributed by atoms with Crippen molar-refractivity contribution in [1.82, 2.24) is 20.5 Å². The number of hydrogen-bond donors (Lipinski definition) is 2. The van der Waals surface area contributed by atoms with Gasteiger partial charge in [0.15, 0.2) is 10.8 Å². The van der Waals surface area contributed by atoms with Crippen LogP contribution in [-0.4, -0.2) is 95.8 Å². The number of carbonyl (C=O) groups is 4. The number of aromatic nitrogens is 1. The van der Waals surface area contributed by atoms with Gasteiger partial charge in [-0.1, -0.05) is 58.0 Å². The van der Waals surface area contributed by atoms with Crippen molar-refractivity contribution in [1.29, 1.82) is 0 Å². The molecule has 67 heavy (non-hydrogen) atoms. The maximum atomic E-state index is 14.1. The SMILES string of the molecule is [C-]#[N+]c1ccc(N2C(=O)C(C)(C)N(c3ccc(OCCCOCCCCOCC(=O)N[C@H](C(=O)N4C[C@H](C)C[C@H]4C(=O)NCc4ccc(-c5scnc5C)cc4)C(C)(C)C)cc3)C2=S)cc1C. The number of nitrogens with zero attached hydrogens (tertiary/aromatic N) is 5. The number of thiazole rings is 1. The van der Waals surface area contributed by atoms with Crippen molar-refractivity contribution in [2.24, 2.45) is 11.3 Å². The Bertz CT molecular complexity index is 2440. The molecule has 2 N–H and O–H groups in total. The fraction of sp³-hybridized carbons (Fsp3) is 0.471. The van der Waals surface area contributed by atoms with Crippen LogP contribution in [-0.2, 0) is 35.2 Å². The number of ether oxygens (including phenoxy) is 3. The van der Waals surface area contributed by atoms with Crippen LogP contribution in [0.4, 0.5) is 17.1 Å². The summed E-state index contributed by atoms with van der Waals surface area (Å²) in [5.41, 5.74) is 6.06. The largest absolute Gasteiger partial charge is 0.494 e. The molecule has 6 rings (SSSR count). The molecule has 3 aromatic carbocycles. The third kappa shape index (κ3) is 12.4. The number of aryl methyl sites for hydroxylation is 2. The molecule has 14 nitrogen and oxygen atoms in total. The van der Waals surface area contributed by atoms with Crippen molar-refractivity contribution < 1.29 is 33.4 Å². The van der Waals surface area contributed by atoms with Crippen molar-refractivity contribution in [2.45, 2.75) is 105 Å². The minimum Gasteiger partial charge on any atom is -0.494 e. The molecule has 2 fully saturated rings. The maximum absolute atomic E-state index is 14.1. The van der Waals surface area contributed by atoms with Gasteiger partial charge < -0.3 is 34.6 Å². The highest BCUT2D eigenvalue weighted by Crippen LogP contribution is 2.38. The van der Waals surface area contributed by atoms with Gasteiger partial charge in [-0.3, -0.25) is 24.1 Å². The zero-order valence-electron chi connectivity index (χ0n) is 39.8. The number of nitrogens with one attached hydrogen (secondary N) is 2. The van der Waals surface area contributed by atoms with Crippen molar-refractivity contribution in [2.75, 3.05) is 49.4 Å². The molecule has 3 heterocycles. The highest BCUT2D eigenvalue weighted by atomic mass is 32.1. The van der Waals surface area contributed by atoms with Gasteiger partial charge in [-0.05, 0) is 124 Å². The van der Waals surface area contributed by atoms with E-state index in [0.29, 0.717) is 81.0 Å². The standard InChI is InChI=1S/C51H63N7O7S2/c1-33-27-42(46(60)53-29-36-13-15-37(16-14-36)44-35(3)54-32-67-44)56(30-33)47(61)45(50(4,5)6)55-43(59)31-64-24-11-10-23-63-25-12-26-65-40-20-17-38(18-21-40)58-49(66)57(48(62)51(58,7)8)39-19-22-41(52-9)34(2)28-39/h13-22,28,32-33,42,45H,10-12,23-27,29-31H2,1-8H3,(H,53,60)(H,55,59)/t33-,42+,45-/m1/s1. The van der Waals surface area contributed by atoms with Crippen LogP contribution in [0.25, 0.3) is 15.3 Å². The van der Waals surface area contributed by atoms with Crippen molar-refractivity contribution in [3.8, 4) is 16.2 Å². The first-order chi connectivity index (χ1) is 31.9. The molecule has 0 unspecified atom stereocenters. The van der Waals surface area contributed by atoms with Gasteiger partial charge in [-0.15, -0.1) is 11.3 Å². The number of amides is 4. The molecule has 0 spiro atoms. The van der Waals surface area contributed by atoms with Crippen molar-refractivity contribution >= 4 is 69.4 Å². The van der Waals surface area contributed by atoms with E-state index < -0.39 is 23.0 Å². The Kier molecular flexibility index (Phi) is 16.9. The third-order valence-electron chi connectivity index (χ3n) is 12.0. The van der Waals surface area contributed by atoms with E-state index in [0.717, 1.165) is 39.4 Å². The monoisotopic (exact) mass is 949 g/mol. The summed E-state index contributed by atoms with van der Waals surface area (Å²) < 4.78 is 17.4. The molecular weight excluding hydrogens is 887 g/mol. The first-order valence-corrected chi connectivity index (χ1v) is 24.1. The Labute approximate surface area is 404 Å². The lowest BCUT2D eigenvalue weighted by molar-refractivity contribution is -0.144. The number of likely N-dealkylation sites (tertiary alicyclic amines) is 1. The van der Waals surface area contributed by atoms with Gasteiger partial charge in [-0.2, -0.15) is 0 Å².